The number of hydrogen-bond acceptors (Lipinski definition) is 1. The Bertz CT molecular complexity index is 741. The van der Waals surface area contributed by atoms with Crippen molar-refractivity contribution in [2.75, 3.05) is 0 Å². The van der Waals surface area contributed by atoms with Crippen LogP contribution in [0.25, 0.3) is 11.3 Å². The second-order valence-corrected chi connectivity index (χ2v) is 5.04. The Labute approximate surface area is 112 Å². The number of fused-ring (bicyclic) bond motifs is 3. The molecule has 0 saturated carbocycles. The van der Waals surface area contributed by atoms with Crippen molar-refractivity contribution in [2.24, 2.45) is 0 Å². The van der Waals surface area contributed by atoms with Gasteiger partial charge in [0.1, 0.15) is 0 Å². The number of rotatable bonds is 1. The normalized spacial score (nSPS) is 16.2. The van der Waals surface area contributed by atoms with E-state index in [1.54, 1.807) is 0 Å². The Kier molecular flexibility index (Phi) is 2.12. The van der Waals surface area contributed by atoms with Gasteiger partial charge in [0.15, 0.2) is 0 Å². The minimum atomic E-state index is 0.311. The lowest BCUT2D eigenvalue weighted by atomic mass is 9.89. The zero-order valence-electron chi connectivity index (χ0n) is 10.7. The van der Waals surface area contributed by atoms with E-state index in [0.29, 0.717) is 5.92 Å². The van der Waals surface area contributed by atoms with Crippen molar-refractivity contribution in [2.45, 2.75) is 12.8 Å². The molecule has 19 heavy (non-hydrogen) atoms. The molecule has 1 N–H and O–H groups in total. The summed E-state index contributed by atoms with van der Waals surface area (Å²) in [4.78, 5) is 0. The summed E-state index contributed by atoms with van der Waals surface area (Å²) in [6, 6.07) is 19.2. The Balaban J connectivity index is 2.03. The fourth-order valence-electron chi connectivity index (χ4n) is 3.11. The molecule has 1 unspecified atom stereocenters. The summed E-state index contributed by atoms with van der Waals surface area (Å²) in [5.74, 6) is 0.311. The second kappa shape index (κ2) is 3.82. The van der Waals surface area contributed by atoms with Gasteiger partial charge in [0.05, 0.1) is 5.69 Å². The van der Waals surface area contributed by atoms with Crippen molar-refractivity contribution in [3.63, 3.8) is 0 Å². The van der Waals surface area contributed by atoms with Gasteiger partial charge in [-0.25, -0.2) is 0 Å². The minimum absolute atomic E-state index is 0.311. The molecule has 1 aliphatic carbocycles. The first-order valence-corrected chi connectivity index (χ1v) is 6.55. The van der Waals surface area contributed by atoms with E-state index in [2.05, 4.69) is 71.7 Å². The van der Waals surface area contributed by atoms with Crippen molar-refractivity contribution in [3.05, 3.63) is 77.0 Å². The lowest BCUT2D eigenvalue weighted by molar-refractivity contribution is 0.974. The van der Waals surface area contributed by atoms with Gasteiger partial charge in [-0.05, 0) is 18.1 Å². The molecule has 0 fully saturated rings. The van der Waals surface area contributed by atoms with Gasteiger partial charge in [-0.15, -0.1) is 0 Å². The van der Waals surface area contributed by atoms with Crippen LogP contribution in [0, 0.1) is 6.92 Å². The molecular weight excluding hydrogens is 232 g/mol. The maximum atomic E-state index is 4.49. The molecule has 0 spiro atoms. The van der Waals surface area contributed by atoms with Crippen LogP contribution in [0.1, 0.15) is 28.3 Å². The first kappa shape index (κ1) is 10.6. The third-order valence-corrected chi connectivity index (χ3v) is 3.94. The van der Waals surface area contributed by atoms with Gasteiger partial charge in [-0.1, -0.05) is 54.6 Å². The number of aromatic nitrogens is 2. The van der Waals surface area contributed by atoms with Crippen LogP contribution in [0.5, 0.6) is 0 Å². The van der Waals surface area contributed by atoms with Gasteiger partial charge >= 0.3 is 0 Å². The first-order valence-electron chi connectivity index (χ1n) is 6.55. The van der Waals surface area contributed by atoms with E-state index < -0.39 is 0 Å². The van der Waals surface area contributed by atoms with Gasteiger partial charge in [0.25, 0.3) is 0 Å². The summed E-state index contributed by atoms with van der Waals surface area (Å²) >= 11 is 0. The minimum Gasteiger partial charge on any atom is -0.282 e. The van der Waals surface area contributed by atoms with Crippen LogP contribution in [0.15, 0.2) is 54.6 Å². The highest BCUT2D eigenvalue weighted by Crippen LogP contribution is 2.47. The summed E-state index contributed by atoms with van der Waals surface area (Å²) in [5, 5.41) is 7.62. The molecule has 2 aromatic carbocycles. The lowest BCUT2D eigenvalue weighted by Gasteiger charge is -2.14. The summed E-state index contributed by atoms with van der Waals surface area (Å²) in [6.45, 7) is 2.10. The van der Waals surface area contributed by atoms with E-state index in [1.165, 1.54) is 27.9 Å². The molecule has 1 aromatic heterocycles. The summed E-state index contributed by atoms with van der Waals surface area (Å²) < 4.78 is 0. The van der Waals surface area contributed by atoms with Crippen LogP contribution >= 0.6 is 0 Å². The van der Waals surface area contributed by atoms with Crippen molar-refractivity contribution < 1.29 is 0 Å². The third kappa shape index (κ3) is 1.40. The number of benzene rings is 2. The Hall–Kier alpha value is -2.35. The van der Waals surface area contributed by atoms with Gasteiger partial charge in [-0.2, -0.15) is 5.10 Å². The summed E-state index contributed by atoms with van der Waals surface area (Å²) in [6.07, 6.45) is 0. The molecule has 0 saturated heterocycles. The summed E-state index contributed by atoms with van der Waals surface area (Å²) in [5.41, 5.74) is 7.56. The Morgan fingerprint density at radius 1 is 0.947 bits per heavy atom. The smallest absolute Gasteiger partial charge is 0.0968 e. The van der Waals surface area contributed by atoms with Gasteiger partial charge in [0.2, 0.25) is 0 Å². The van der Waals surface area contributed by atoms with Crippen LogP contribution in [0.2, 0.25) is 0 Å². The molecule has 1 heterocycles. The number of aryl methyl sites for hydroxylation is 1. The maximum Gasteiger partial charge on any atom is 0.0968 e. The molecule has 0 amide bonds. The van der Waals surface area contributed by atoms with Crippen LogP contribution in [-0.2, 0) is 0 Å². The fraction of sp³-hybridized carbons (Fsp3) is 0.118. The zero-order valence-corrected chi connectivity index (χ0v) is 10.7. The fourth-order valence-corrected chi connectivity index (χ4v) is 3.11. The molecule has 0 radical (unpaired) electrons. The molecule has 3 aromatic rings. The van der Waals surface area contributed by atoms with Crippen LogP contribution in [0.3, 0.4) is 0 Å². The van der Waals surface area contributed by atoms with Crippen molar-refractivity contribution in [1.82, 2.24) is 10.2 Å². The number of aromatic amines is 1. The maximum absolute atomic E-state index is 4.49. The number of hydrogen-bond donors (Lipinski definition) is 1. The highest BCUT2D eigenvalue weighted by atomic mass is 15.1. The molecular formula is C17H14N2. The zero-order chi connectivity index (χ0) is 12.8. The van der Waals surface area contributed by atoms with E-state index in [1.807, 2.05) is 0 Å². The van der Waals surface area contributed by atoms with Crippen LogP contribution in [0.4, 0.5) is 0 Å². The van der Waals surface area contributed by atoms with Crippen molar-refractivity contribution in [3.8, 4) is 11.3 Å². The molecule has 0 aliphatic heterocycles. The van der Waals surface area contributed by atoms with E-state index in [4.69, 9.17) is 0 Å². The molecule has 0 bridgehead atoms. The topological polar surface area (TPSA) is 28.7 Å². The predicted octanol–water partition coefficient (Wildman–Crippen LogP) is 3.88. The number of nitrogens with one attached hydrogen (secondary N) is 1. The third-order valence-electron chi connectivity index (χ3n) is 3.94. The Morgan fingerprint density at radius 2 is 1.68 bits per heavy atom. The molecule has 92 valence electrons. The molecule has 1 aliphatic rings. The van der Waals surface area contributed by atoms with E-state index >= 15 is 0 Å². The molecule has 2 nitrogen and oxygen atoms in total. The monoisotopic (exact) mass is 246 g/mol. The highest BCUT2D eigenvalue weighted by Gasteiger charge is 2.33. The van der Waals surface area contributed by atoms with E-state index in [-0.39, 0.29) is 0 Å². The van der Waals surface area contributed by atoms with Gasteiger partial charge < -0.3 is 0 Å². The van der Waals surface area contributed by atoms with Gasteiger partial charge in [0, 0.05) is 22.7 Å². The van der Waals surface area contributed by atoms with Crippen LogP contribution < -0.4 is 0 Å². The quantitative estimate of drug-likeness (QED) is 0.542. The second-order valence-electron chi connectivity index (χ2n) is 5.04. The van der Waals surface area contributed by atoms with E-state index in [9.17, 15) is 0 Å². The molecule has 4 rings (SSSR count). The predicted molar refractivity (Wildman–Crippen MR) is 76.1 cm³/mol. The standard InChI is InChI=1S/C17H14N2/c1-11-15-16(12-7-3-2-4-8-12)13-9-5-6-10-14(13)17(15)19-18-11/h2-10,16H,1H3,(H,18,19). The van der Waals surface area contributed by atoms with Crippen molar-refractivity contribution >= 4 is 0 Å². The average molecular weight is 246 g/mol. The van der Waals surface area contributed by atoms with Crippen molar-refractivity contribution in [1.29, 1.82) is 0 Å². The number of nitrogens with zero attached hydrogens (tertiary/aromatic N) is 1. The Morgan fingerprint density at radius 3 is 2.53 bits per heavy atom. The lowest BCUT2D eigenvalue weighted by Crippen LogP contribution is -2.00. The number of H-pyrrole nitrogens is 1. The molecule has 2 heteroatoms. The molecule has 1 atom stereocenters. The van der Waals surface area contributed by atoms with Crippen LogP contribution in [-0.4, -0.2) is 10.2 Å². The highest BCUT2D eigenvalue weighted by molar-refractivity contribution is 5.78. The first-order chi connectivity index (χ1) is 9.36. The van der Waals surface area contributed by atoms with Gasteiger partial charge in [-0.3, -0.25) is 5.10 Å². The van der Waals surface area contributed by atoms with E-state index in [0.717, 1.165) is 5.69 Å². The average Bonchev–Trinajstić information content (AvgIpc) is 2.99. The SMILES string of the molecule is Cc1[nH]nc2c1C(c1ccccc1)c1ccccc1-2. The summed E-state index contributed by atoms with van der Waals surface area (Å²) in [7, 11) is 0. The largest absolute Gasteiger partial charge is 0.282 e.